The average Bonchev–Trinajstić information content (AvgIpc) is 3.07. The summed E-state index contributed by atoms with van der Waals surface area (Å²) in [7, 11) is 1.42. The fourth-order valence-electron chi connectivity index (χ4n) is 4.13. The predicted molar refractivity (Wildman–Crippen MR) is 123 cm³/mol. The third-order valence-electron chi connectivity index (χ3n) is 5.55. The summed E-state index contributed by atoms with van der Waals surface area (Å²) in [4.78, 5) is 17.5. The number of aromatic nitrogens is 1. The molecule has 0 saturated carbocycles. The Hall–Kier alpha value is -2.40. The molecule has 3 rings (SSSR count). The van der Waals surface area contributed by atoms with Crippen LogP contribution in [0.4, 0.5) is 5.69 Å². The van der Waals surface area contributed by atoms with Crippen molar-refractivity contribution < 1.29 is 9.53 Å². The summed E-state index contributed by atoms with van der Waals surface area (Å²) in [6.07, 6.45) is 1.96. The van der Waals surface area contributed by atoms with Gasteiger partial charge in [0.05, 0.1) is 28.7 Å². The molecule has 0 aliphatic carbocycles. The van der Waals surface area contributed by atoms with E-state index < -0.39 is 0 Å². The molecule has 1 aromatic carbocycles. The summed E-state index contributed by atoms with van der Waals surface area (Å²) >= 11 is 1.64. The van der Waals surface area contributed by atoms with Crippen LogP contribution >= 0.6 is 11.3 Å². The number of thiophene rings is 1. The van der Waals surface area contributed by atoms with E-state index in [0.29, 0.717) is 11.3 Å². The summed E-state index contributed by atoms with van der Waals surface area (Å²) < 4.78 is 6.10. The van der Waals surface area contributed by atoms with Gasteiger partial charge in [-0.15, -0.1) is 11.3 Å². The number of carbonyl (C=O) groups excluding carboxylic acids is 1. The zero-order valence-electron chi connectivity index (χ0n) is 18.4. The molecule has 0 atom stereocenters. The van der Waals surface area contributed by atoms with Crippen LogP contribution in [0.5, 0.6) is 0 Å². The Morgan fingerprint density at radius 3 is 2.31 bits per heavy atom. The smallest absolute Gasteiger partial charge is 0.341 e. The lowest BCUT2D eigenvalue weighted by molar-refractivity contribution is 0.0600. The van der Waals surface area contributed by atoms with Crippen molar-refractivity contribution in [1.29, 1.82) is 0 Å². The lowest BCUT2D eigenvalue weighted by atomic mass is 9.94. The third-order valence-corrected chi connectivity index (χ3v) is 6.54. The van der Waals surface area contributed by atoms with Crippen molar-refractivity contribution in [3.8, 4) is 11.1 Å². The molecule has 0 amide bonds. The molecule has 5 heteroatoms. The number of esters is 1. The molecule has 0 radical (unpaired) electrons. The van der Waals surface area contributed by atoms with E-state index >= 15 is 0 Å². The first-order valence-corrected chi connectivity index (χ1v) is 11.0. The van der Waals surface area contributed by atoms with Gasteiger partial charge in [-0.25, -0.2) is 4.79 Å². The van der Waals surface area contributed by atoms with Crippen LogP contribution in [0.1, 0.15) is 59.4 Å². The molecule has 154 valence electrons. The molecule has 1 N–H and O–H groups in total. The number of carbonyl (C=O) groups is 1. The van der Waals surface area contributed by atoms with E-state index in [4.69, 9.17) is 9.72 Å². The number of hydrogen-bond acceptors (Lipinski definition) is 5. The highest BCUT2D eigenvalue weighted by Crippen LogP contribution is 2.42. The maximum absolute atomic E-state index is 12.6. The summed E-state index contributed by atoms with van der Waals surface area (Å²) in [5.74, 6) is -0.344. The molecule has 0 aliphatic heterocycles. The van der Waals surface area contributed by atoms with Crippen molar-refractivity contribution >= 4 is 33.2 Å². The highest BCUT2D eigenvalue weighted by Gasteiger charge is 2.24. The normalized spacial score (nSPS) is 11.3. The molecule has 0 unspecified atom stereocenters. The lowest BCUT2D eigenvalue weighted by Gasteiger charge is -2.20. The number of hydrogen-bond donors (Lipinski definition) is 1. The predicted octanol–water partition coefficient (Wildman–Crippen LogP) is 6.58. The summed E-state index contributed by atoms with van der Waals surface area (Å²) in [6.45, 7) is 12.6. The third kappa shape index (κ3) is 3.88. The largest absolute Gasteiger partial charge is 0.465 e. The molecule has 0 saturated heterocycles. The molecule has 2 aromatic heterocycles. The van der Waals surface area contributed by atoms with Crippen molar-refractivity contribution in [1.82, 2.24) is 4.98 Å². The zero-order valence-corrected chi connectivity index (χ0v) is 19.2. The Bertz CT molecular complexity index is 1040. The molecule has 0 fully saturated rings. The Morgan fingerprint density at radius 2 is 1.76 bits per heavy atom. The average molecular weight is 411 g/mol. The Labute approximate surface area is 177 Å². The molecule has 0 spiro atoms. The van der Waals surface area contributed by atoms with Gasteiger partial charge in [-0.05, 0) is 57.2 Å². The highest BCUT2D eigenvalue weighted by molar-refractivity contribution is 7.18. The molecule has 0 aliphatic rings. The van der Waals surface area contributed by atoms with E-state index in [1.54, 1.807) is 11.3 Å². The van der Waals surface area contributed by atoms with Crippen molar-refractivity contribution in [3.05, 3.63) is 45.5 Å². The Kier molecular flexibility index (Phi) is 6.27. The second-order valence-electron chi connectivity index (χ2n) is 7.70. The monoisotopic (exact) mass is 410 g/mol. The minimum Gasteiger partial charge on any atom is -0.465 e. The summed E-state index contributed by atoms with van der Waals surface area (Å²) in [5.41, 5.74) is 9.14. The van der Waals surface area contributed by atoms with Crippen LogP contribution in [0.3, 0.4) is 0 Å². The molecule has 4 nitrogen and oxygen atoms in total. The quantitative estimate of drug-likeness (QED) is 0.466. The molecule has 0 bridgehead atoms. The fraction of sp³-hybridized carbons (Fsp3) is 0.417. The van der Waals surface area contributed by atoms with Gasteiger partial charge >= 0.3 is 5.97 Å². The maximum atomic E-state index is 12.6. The number of rotatable bonds is 6. The van der Waals surface area contributed by atoms with E-state index in [1.165, 1.54) is 29.4 Å². The molecule has 3 aromatic rings. The lowest BCUT2D eigenvalue weighted by Crippen LogP contribution is -2.20. The number of ether oxygens (including phenoxy) is 1. The number of nitrogens with zero attached hydrogens (tertiary/aromatic N) is 1. The van der Waals surface area contributed by atoms with E-state index in [1.807, 2.05) is 6.92 Å². The number of benzene rings is 1. The second kappa shape index (κ2) is 8.54. The molecular formula is C24H30N2O2S. The number of anilines is 1. The van der Waals surface area contributed by atoms with Gasteiger partial charge in [0.25, 0.3) is 0 Å². The van der Waals surface area contributed by atoms with E-state index in [2.05, 4.69) is 57.4 Å². The van der Waals surface area contributed by atoms with Crippen molar-refractivity contribution in [2.75, 3.05) is 12.4 Å². The Balaban J connectivity index is 2.32. The molecular weight excluding hydrogens is 380 g/mol. The van der Waals surface area contributed by atoms with Gasteiger partial charge in [-0.1, -0.05) is 31.5 Å². The van der Waals surface area contributed by atoms with Gasteiger partial charge in [0.15, 0.2) is 0 Å². The van der Waals surface area contributed by atoms with Crippen LogP contribution in [-0.2, 0) is 4.74 Å². The van der Waals surface area contributed by atoms with Gasteiger partial charge in [0.2, 0.25) is 0 Å². The maximum Gasteiger partial charge on any atom is 0.341 e. The van der Waals surface area contributed by atoms with E-state index in [9.17, 15) is 4.79 Å². The van der Waals surface area contributed by atoms with Crippen LogP contribution in [0, 0.1) is 27.7 Å². The van der Waals surface area contributed by atoms with Gasteiger partial charge in [0.1, 0.15) is 5.56 Å². The molecule has 2 heterocycles. The summed E-state index contributed by atoms with van der Waals surface area (Å²) in [6, 6.07) is 4.72. The second-order valence-corrected chi connectivity index (χ2v) is 8.58. The number of nitrogens with one attached hydrogen (secondary N) is 1. The molecule has 29 heavy (non-hydrogen) atoms. The highest BCUT2D eigenvalue weighted by atomic mass is 32.1. The zero-order chi connectivity index (χ0) is 21.3. The van der Waals surface area contributed by atoms with Crippen molar-refractivity contribution in [2.24, 2.45) is 0 Å². The topological polar surface area (TPSA) is 51.2 Å². The minimum absolute atomic E-state index is 0.289. The SMILES string of the molecule is CCC(CC)Nc1c(C(=O)OC)c(C)nc2c(-c3c(C)cc(C)cc3C)csc12. The first kappa shape index (κ1) is 21.3. The van der Waals surface area contributed by atoms with Gasteiger partial charge in [-0.2, -0.15) is 0 Å². The number of pyridine rings is 1. The minimum atomic E-state index is -0.344. The van der Waals surface area contributed by atoms with Crippen molar-refractivity contribution in [3.63, 3.8) is 0 Å². The summed E-state index contributed by atoms with van der Waals surface area (Å²) in [5, 5.41) is 5.79. The van der Waals surface area contributed by atoms with E-state index in [-0.39, 0.29) is 12.0 Å². The van der Waals surface area contributed by atoms with Crippen LogP contribution < -0.4 is 5.32 Å². The Morgan fingerprint density at radius 1 is 1.14 bits per heavy atom. The van der Waals surface area contributed by atoms with Gasteiger partial charge in [-0.3, -0.25) is 4.98 Å². The van der Waals surface area contributed by atoms with E-state index in [0.717, 1.165) is 34.3 Å². The van der Waals surface area contributed by atoms with Gasteiger partial charge in [0, 0.05) is 17.0 Å². The van der Waals surface area contributed by atoms with Crippen LogP contribution in [-0.4, -0.2) is 24.1 Å². The number of fused-ring (bicyclic) bond motifs is 1. The van der Waals surface area contributed by atoms with Crippen molar-refractivity contribution in [2.45, 2.75) is 60.4 Å². The first-order chi connectivity index (χ1) is 13.8. The fourth-order valence-corrected chi connectivity index (χ4v) is 5.14. The number of aryl methyl sites for hydroxylation is 4. The number of methoxy groups -OCH3 is 1. The standard InChI is InChI=1S/C24H30N2O2S/c1-8-17(9-2)26-22-20(24(27)28-7)16(6)25-21-18(12-29-23(21)22)19-14(4)10-13(3)11-15(19)5/h10-12,17H,8-9H2,1-7H3,(H,25,26). The van der Waals surface area contributed by atoms with Crippen LogP contribution in [0.15, 0.2) is 17.5 Å². The van der Waals surface area contributed by atoms with Crippen LogP contribution in [0.25, 0.3) is 21.3 Å². The van der Waals surface area contributed by atoms with Crippen LogP contribution in [0.2, 0.25) is 0 Å². The first-order valence-electron chi connectivity index (χ1n) is 10.2. The van der Waals surface area contributed by atoms with Gasteiger partial charge < -0.3 is 10.1 Å².